The predicted octanol–water partition coefficient (Wildman–Crippen LogP) is 3.72. The number of aryl methyl sites for hydroxylation is 1. The van der Waals surface area contributed by atoms with Crippen molar-refractivity contribution in [3.63, 3.8) is 0 Å². The molecule has 0 spiro atoms. The van der Waals surface area contributed by atoms with Crippen molar-refractivity contribution in [1.29, 1.82) is 0 Å². The first kappa shape index (κ1) is 24.3. The molecule has 2 amide bonds. The van der Waals surface area contributed by atoms with Crippen molar-refractivity contribution in [1.82, 2.24) is 15.1 Å². The molecule has 9 nitrogen and oxygen atoms in total. The van der Waals surface area contributed by atoms with E-state index in [1.54, 1.807) is 0 Å². The summed E-state index contributed by atoms with van der Waals surface area (Å²) in [6.45, 7) is 0.127. The van der Waals surface area contributed by atoms with E-state index in [1.165, 1.54) is 23.5 Å². The van der Waals surface area contributed by atoms with E-state index in [0.717, 1.165) is 28.5 Å². The lowest BCUT2D eigenvalue weighted by molar-refractivity contribution is -0.118. The van der Waals surface area contributed by atoms with Gasteiger partial charge in [0.2, 0.25) is 5.91 Å². The summed E-state index contributed by atoms with van der Waals surface area (Å²) in [7, 11) is 1.53. The number of alkyl carbamates (subject to hydrolysis) is 1. The number of amides is 2. The molecule has 0 saturated carbocycles. The maximum atomic E-state index is 12.9. The number of nitrogens with one attached hydrogen (secondary N) is 2. The molecular formula is C25H26N4O5S. The maximum Gasteiger partial charge on any atom is 0.407 e. The molecule has 1 aromatic heterocycles. The first-order valence-corrected chi connectivity index (χ1v) is 12.5. The Bertz CT molecular complexity index is 1210. The van der Waals surface area contributed by atoms with Crippen LogP contribution in [-0.2, 0) is 16.6 Å². The summed E-state index contributed by atoms with van der Waals surface area (Å²) < 4.78 is 6.84. The van der Waals surface area contributed by atoms with Crippen LogP contribution in [0.15, 0.2) is 54.7 Å². The van der Waals surface area contributed by atoms with Crippen LogP contribution in [0.4, 0.5) is 10.6 Å². The van der Waals surface area contributed by atoms with Crippen LogP contribution >= 0.6 is 11.8 Å². The van der Waals surface area contributed by atoms with Gasteiger partial charge in [-0.25, -0.2) is 9.59 Å². The molecule has 1 aliphatic carbocycles. The van der Waals surface area contributed by atoms with Gasteiger partial charge in [0.1, 0.15) is 24.0 Å². The van der Waals surface area contributed by atoms with E-state index in [2.05, 4.69) is 27.9 Å². The van der Waals surface area contributed by atoms with Gasteiger partial charge in [-0.3, -0.25) is 9.48 Å². The van der Waals surface area contributed by atoms with Crippen LogP contribution in [-0.4, -0.2) is 57.5 Å². The van der Waals surface area contributed by atoms with Crippen LogP contribution in [0.3, 0.4) is 0 Å². The van der Waals surface area contributed by atoms with Gasteiger partial charge in [0.15, 0.2) is 0 Å². The number of aromatic carboxylic acids is 1. The fraction of sp³-hybridized carbons (Fsp3) is 0.280. The van der Waals surface area contributed by atoms with Gasteiger partial charge in [-0.15, -0.1) is 0 Å². The Morgan fingerprint density at radius 1 is 1.11 bits per heavy atom. The lowest BCUT2D eigenvalue weighted by Gasteiger charge is -2.20. The van der Waals surface area contributed by atoms with Gasteiger partial charge in [0.05, 0.1) is 6.20 Å². The third kappa shape index (κ3) is 5.17. The number of ether oxygens (including phenoxy) is 1. The monoisotopic (exact) mass is 494 g/mol. The number of aromatic nitrogens is 2. The number of carbonyl (C=O) groups is 3. The number of thioether (sulfide) groups is 1. The number of carboxylic acid groups (broad SMARTS) is 1. The lowest BCUT2D eigenvalue weighted by atomic mass is 9.98. The molecular weight excluding hydrogens is 468 g/mol. The van der Waals surface area contributed by atoms with Gasteiger partial charge < -0.3 is 20.5 Å². The molecule has 4 rings (SSSR count). The second-order valence-corrected chi connectivity index (χ2v) is 9.11. The number of hydrogen-bond donors (Lipinski definition) is 3. The maximum absolute atomic E-state index is 12.9. The minimum atomic E-state index is -1.21. The Morgan fingerprint density at radius 3 is 2.34 bits per heavy atom. The van der Waals surface area contributed by atoms with Gasteiger partial charge in [0, 0.05) is 13.0 Å². The second kappa shape index (κ2) is 10.6. The van der Waals surface area contributed by atoms with E-state index in [0.29, 0.717) is 12.2 Å². The summed E-state index contributed by atoms with van der Waals surface area (Å²) in [5, 5.41) is 18.4. The highest BCUT2D eigenvalue weighted by atomic mass is 32.2. The van der Waals surface area contributed by atoms with Gasteiger partial charge in [-0.1, -0.05) is 48.5 Å². The molecule has 35 heavy (non-hydrogen) atoms. The third-order valence-electron chi connectivity index (χ3n) is 5.97. The third-order valence-corrected chi connectivity index (χ3v) is 6.62. The topological polar surface area (TPSA) is 123 Å². The van der Waals surface area contributed by atoms with Crippen LogP contribution in [0.25, 0.3) is 11.1 Å². The Balaban J connectivity index is 1.44. The molecule has 3 aromatic rings. The largest absolute Gasteiger partial charge is 0.477 e. The van der Waals surface area contributed by atoms with E-state index in [-0.39, 0.29) is 23.9 Å². The molecule has 3 N–H and O–H groups in total. The van der Waals surface area contributed by atoms with Gasteiger partial charge >= 0.3 is 12.1 Å². The number of hydrogen-bond acceptors (Lipinski definition) is 6. The van der Waals surface area contributed by atoms with Gasteiger partial charge in [0.25, 0.3) is 0 Å². The number of fused-ring (bicyclic) bond motifs is 3. The zero-order chi connectivity index (χ0) is 24.9. The Labute approximate surface area is 206 Å². The highest BCUT2D eigenvalue weighted by Crippen LogP contribution is 2.44. The molecule has 0 bridgehead atoms. The molecule has 182 valence electrons. The zero-order valence-corrected chi connectivity index (χ0v) is 20.2. The van der Waals surface area contributed by atoms with Crippen LogP contribution < -0.4 is 10.6 Å². The standard InChI is InChI=1S/C25H26N4O5S/c1-29-22(19(13-26-29)24(31)32)28-23(30)21(11-12-35-2)27-25(33)34-14-20-17-9-5-3-7-15(17)16-8-4-6-10-18(16)20/h3-10,13,20-21H,11-12,14H2,1-2H3,(H,27,33)(H,28,30)(H,31,32)/t21-/m0/s1. The van der Waals surface area contributed by atoms with Crippen LogP contribution in [0.5, 0.6) is 0 Å². The summed E-state index contributed by atoms with van der Waals surface area (Å²) in [6, 6.07) is 15.2. The summed E-state index contributed by atoms with van der Waals surface area (Å²) in [4.78, 5) is 37.1. The SMILES string of the molecule is CSCC[C@H](NC(=O)OCC1c2ccccc2-c2ccccc21)C(=O)Nc1c(C(=O)O)cnn1C. The van der Waals surface area contributed by atoms with Crippen LogP contribution in [0.1, 0.15) is 33.8 Å². The number of carboxylic acids is 1. The molecule has 0 radical (unpaired) electrons. The summed E-state index contributed by atoms with van der Waals surface area (Å²) in [5.74, 6) is -1.19. The van der Waals surface area contributed by atoms with E-state index < -0.39 is 24.0 Å². The smallest absolute Gasteiger partial charge is 0.407 e. The molecule has 0 unspecified atom stereocenters. The van der Waals surface area contributed by atoms with Crippen molar-refractivity contribution in [2.75, 3.05) is 23.9 Å². The minimum absolute atomic E-state index is 0.0472. The molecule has 1 atom stereocenters. The van der Waals surface area contributed by atoms with E-state index >= 15 is 0 Å². The second-order valence-electron chi connectivity index (χ2n) is 8.13. The number of nitrogens with zero attached hydrogens (tertiary/aromatic N) is 2. The molecule has 0 aliphatic heterocycles. The Hall–Kier alpha value is -3.79. The van der Waals surface area contributed by atoms with Gasteiger partial charge in [-0.2, -0.15) is 16.9 Å². The fourth-order valence-corrected chi connectivity index (χ4v) is 4.70. The quantitative estimate of drug-likeness (QED) is 0.414. The molecule has 1 heterocycles. The van der Waals surface area contributed by atoms with Crippen molar-refractivity contribution < 1.29 is 24.2 Å². The van der Waals surface area contributed by atoms with Crippen molar-refractivity contribution >= 4 is 35.5 Å². The highest BCUT2D eigenvalue weighted by Gasteiger charge is 2.30. The Kier molecular flexibility index (Phi) is 7.40. The van der Waals surface area contributed by atoms with Gasteiger partial charge in [-0.05, 0) is 40.7 Å². The Morgan fingerprint density at radius 2 is 1.74 bits per heavy atom. The van der Waals surface area contributed by atoms with Crippen molar-refractivity contribution in [3.05, 3.63) is 71.4 Å². The normalized spacial score (nSPS) is 13.0. The summed E-state index contributed by atoms with van der Waals surface area (Å²) in [6.07, 6.45) is 2.69. The first-order valence-electron chi connectivity index (χ1n) is 11.1. The zero-order valence-electron chi connectivity index (χ0n) is 19.4. The predicted molar refractivity (Wildman–Crippen MR) is 134 cm³/mol. The van der Waals surface area contributed by atoms with Crippen molar-refractivity contribution in [2.24, 2.45) is 7.05 Å². The molecule has 0 fully saturated rings. The van der Waals surface area contributed by atoms with E-state index in [4.69, 9.17) is 4.74 Å². The number of benzene rings is 2. The fourth-order valence-electron chi connectivity index (χ4n) is 4.23. The highest BCUT2D eigenvalue weighted by molar-refractivity contribution is 7.98. The minimum Gasteiger partial charge on any atom is -0.477 e. The molecule has 10 heteroatoms. The number of rotatable bonds is 9. The van der Waals surface area contributed by atoms with Crippen molar-refractivity contribution in [3.8, 4) is 11.1 Å². The van der Waals surface area contributed by atoms with Crippen LogP contribution in [0.2, 0.25) is 0 Å². The van der Waals surface area contributed by atoms with Crippen molar-refractivity contribution in [2.45, 2.75) is 18.4 Å². The average molecular weight is 495 g/mol. The van der Waals surface area contributed by atoms with E-state index in [1.807, 2.05) is 42.7 Å². The molecule has 2 aromatic carbocycles. The van der Waals surface area contributed by atoms with E-state index in [9.17, 15) is 19.5 Å². The first-order chi connectivity index (χ1) is 16.9. The number of carbonyl (C=O) groups excluding carboxylic acids is 2. The average Bonchev–Trinajstić information content (AvgIpc) is 3.38. The molecule has 1 aliphatic rings. The number of anilines is 1. The molecule has 0 saturated heterocycles. The van der Waals surface area contributed by atoms with Crippen LogP contribution in [0, 0.1) is 0 Å². The summed E-state index contributed by atoms with van der Waals surface area (Å²) >= 11 is 1.53. The lowest BCUT2D eigenvalue weighted by Crippen LogP contribution is -2.45. The summed E-state index contributed by atoms with van der Waals surface area (Å²) in [5.41, 5.74) is 4.30.